The maximum absolute atomic E-state index is 13.5. The van der Waals surface area contributed by atoms with Crippen molar-refractivity contribution in [1.29, 1.82) is 5.26 Å². The van der Waals surface area contributed by atoms with E-state index in [0.29, 0.717) is 5.56 Å². The smallest absolute Gasteiger partial charge is 0.320 e. The molecule has 17 heavy (non-hydrogen) atoms. The van der Waals surface area contributed by atoms with Crippen LogP contribution in [-0.2, 0) is 11.2 Å². The molecule has 0 radical (unpaired) electrons. The number of nitriles is 1. The summed E-state index contributed by atoms with van der Waals surface area (Å²) < 4.78 is 18.2. The Morgan fingerprint density at radius 1 is 1.71 bits per heavy atom. The first-order valence-corrected chi connectivity index (χ1v) is 4.74. The van der Waals surface area contributed by atoms with Gasteiger partial charge in [-0.2, -0.15) is 5.26 Å². The molecule has 0 aliphatic carbocycles. The van der Waals surface area contributed by atoms with Crippen molar-refractivity contribution in [3.05, 3.63) is 29.1 Å². The second kappa shape index (κ2) is 5.27. The van der Waals surface area contributed by atoms with E-state index in [-0.39, 0.29) is 17.7 Å². The number of methoxy groups -OCH3 is 1. The molecule has 1 atom stereocenters. The zero-order chi connectivity index (χ0) is 13.0. The molecule has 0 fully saturated rings. The van der Waals surface area contributed by atoms with Gasteiger partial charge in [-0.15, -0.1) is 0 Å². The predicted octanol–water partition coefficient (Wildman–Crippen LogP) is 0.660. The van der Waals surface area contributed by atoms with Crippen molar-refractivity contribution in [2.45, 2.75) is 12.5 Å². The lowest BCUT2D eigenvalue weighted by Gasteiger charge is -2.09. The van der Waals surface area contributed by atoms with Crippen LogP contribution < -0.4 is 10.5 Å². The van der Waals surface area contributed by atoms with Gasteiger partial charge in [0.15, 0.2) is 11.6 Å². The highest BCUT2D eigenvalue weighted by Gasteiger charge is 2.16. The number of hydrogen-bond acceptors (Lipinski definition) is 4. The number of nitrogens with zero attached hydrogens (tertiary/aromatic N) is 1. The van der Waals surface area contributed by atoms with Crippen LogP contribution in [0.4, 0.5) is 4.39 Å². The molecule has 0 aliphatic rings. The van der Waals surface area contributed by atoms with E-state index in [1.165, 1.54) is 13.2 Å². The van der Waals surface area contributed by atoms with Gasteiger partial charge < -0.3 is 15.6 Å². The number of aliphatic carboxylic acids is 1. The fourth-order valence-electron chi connectivity index (χ4n) is 1.40. The molecule has 0 aliphatic heterocycles. The van der Waals surface area contributed by atoms with Crippen LogP contribution >= 0.6 is 0 Å². The standard InChI is InChI=1S/C11H11FN2O3/c1-17-10-7(5-13)2-6(3-8(10)12)4-9(14)11(15)16/h2-3,9H,4,14H2,1H3,(H,15,16). The van der Waals surface area contributed by atoms with E-state index in [0.717, 1.165) is 6.07 Å². The van der Waals surface area contributed by atoms with Crippen molar-refractivity contribution in [3.63, 3.8) is 0 Å². The summed E-state index contributed by atoms with van der Waals surface area (Å²) in [4.78, 5) is 10.6. The first-order valence-electron chi connectivity index (χ1n) is 4.74. The number of benzene rings is 1. The largest absolute Gasteiger partial charge is 0.492 e. The number of carboxylic acid groups (broad SMARTS) is 1. The minimum Gasteiger partial charge on any atom is -0.492 e. The Balaban J connectivity index is 3.09. The van der Waals surface area contributed by atoms with Crippen LogP contribution in [0, 0.1) is 17.1 Å². The van der Waals surface area contributed by atoms with Gasteiger partial charge in [0.2, 0.25) is 0 Å². The number of rotatable bonds is 4. The Bertz CT molecular complexity index is 482. The van der Waals surface area contributed by atoms with Gasteiger partial charge in [0.05, 0.1) is 12.7 Å². The number of halogens is 1. The molecule has 1 rings (SSSR count). The van der Waals surface area contributed by atoms with E-state index in [2.05, 4.69) is 0 Å². The van der Waals surface area contributed by atoms with E-state index in [1.807, 2.05) is 0 Å². The summed E-state index contributed by atoms with van der Waals surface area (Å²) in [6, 6.07) is 3.13. The van der Waals surface area contributed by atoms with Crippen LogP contribution in [0.2, 0.25) is 0 Å². The zero-order valence-corrected chi connectivity index (χ0v) is 9.11. The fraction of sp³-hybridized carbons (Fsp3) is 0.273. The third-order valence-electron chi connectivity index (χ3n) is 2.20. The molecule has 0 spiro atoms. The second-order valence-corrected chi connectivity index (χ2v) is 3.42. The average molecular weight is 238 g/mol. The van der Waals surface area contributed by atoms with Crippen molar-refractivity contribution < 1.29 is 19.0 Å². The van der Waals surface area contributed by atoms with Crippen LogP contribution in [0.1, 0.15) is 11.1 Å². The van der Waals surface area contributed by atoms with Crippen LogP contribution in [0.15, 0.2) is 12.1 Å². The lowest BCUT2D eigenvalue weighted by Crippen LogP contribution is -2.32. The Kier molecular flexibility index (Phi) is 4.01. The first-order chi connectivity index (χ1) is 7.99. The van der Waals surface area contributed by atoms with Crippen molar-refractivity contribution in [1.82, 2.24) is 0 Å². The van der Waals surface area contributed by atoms with Crippen molar-refractivity contribution in [2.24, 2.45) is 5.73 Å². The minimum atomic E-state index is -1.18. The Hall–Kier alpha value is -2.13. The monoisotopic (exact) mass is 238 g/mol. The predicted molar refractivity (Wildman–Crippen MR) is 57.0 cm³/mol. The highest BCUT2D eigenvalue weighted by atomic mass is 19.1. The highest BCUT2D eigenvalue weighted by molar-refractivity contribution is 5.73. The van der Waals surface area contributed by atoms with E-state index in [4.69, 9.17) is 20.8 Å². The molecule has 0 heterocycles. The fourth-order valence-corrected chi connectivity index (χ4v) is 1.40. The SMILES string of the molecule is COc1c(F)cc(CC(N)C(=O)O)cc1C#N. The van der Waals surface area contributed by atoms with Crippen LogP contribution in [-0.4, -0.2) is 24.2 Å². The zero-order valence-electron chi connectivity index (χ0n) is 9.11. The number of ether oxygens (including phenoxy) is 1. The van der Waals surface area contributed by atoms with Gasteiger partial charge in [0, 0.05) is 0 Å². The van der Waals surface area contributed by atoms with Crippen molar-refractivity contribution in [3.8, 4) is 11.8 Å². The van der Waals surface area contributed by atoms with Crippen molar-refractivity contribution >= 4 is 5.97 Å². The van der Waals surface area contributed by atoms with Gasteiger partial charge in [0.25, 0.3) is 0 Å². The number of hydrogen-bond donors (Lipinski definition) is 2. The van der Waals surface area contributed by atoms with E-state index in [1.54, 1.807) is 6.07 Å². The van der Waals surface area contributed by atoms with Gasteiger partial charge >= 0.3 is 5.97 Å². The Morgan fingerprint density at radius 2 is 2.35 bits per heavy atom. The first kappa shape index (κ1) is 12.9. The molecular formula is C11H11FN2O3. The lowest BCUT2D eigenvalue weighted by molar-refractivity contribution is -0.138. The molecule has 0 aromatic heterocycles. The summed E-state index contributed by atoms with van der Waals surface area (Å²) >= 11 is 0. The van der Waals surface area contributed by atoms with Crippen molar-refractivity contribution in [2.75, 3.05) is 7.11 Å². The topological polar surface area (TPSA) is 96.3 Å². The van der Waals surface area contributed by atoms with Crippen LogP contribution in [0.25, 0.3) is 0 Å². The summed E-state index contributed by atoms with van der Waals surface area (Å²) in [6.07, 6.45) is -0.0507. The average Bonchev–Trinajstić information content (AvgIpc) is 2.27. The molecule has 0 saturated carbocycles. The second-order valence-electron chi connectivity index (χ2n) is 3.42. The normalized spacial score (nSPS) is 11.6. The van der Waals surface area contributed by atoms with E-state index < -0.39 is 17.8 Å². The van der Waals surface area contributed by atoms with Gasteiger partial charge in [-0.25, -0.2) is 4.39 Å². The van der Waals surface area contributed by atoms with Gasteiger partial charge in [-0.1, -0.05) is 0 Å². The van der Waals surface area contributed by atoms with Crippen LogP contribution in [0.3, 0.4) is 0 Å². The van der Waals surface area contributed by atoms with Gasteiger partial charge in [-0.05, 0) is 24.1 Å². The van der Waals surface area contributed by atoms with Crippen LogP contribution in [0.5, 0.6) is 5.75 Å². The maximum atomic E-state index is 13.5. The molecule has 1 unspecified atom stereocenters. The number of carbonyl (C=O) groups is 1. The van der Waals surface area contributed by atoms with Gasteiger partial charge in [0.1, 0.15) is 12.1 Å². The molecule has 1 aromatic carbocycles. The molecular weight excluding hydrogens is 227 g/mol. The Labute approximate surface area is 97.2 Å². The Morgan fingerprint density at radius 3 is 2.82 bits per heavy atom. The number of carboxylic acids is 1. The molecule has 0 saturated heterocycles. The molecule has 1 aromatic rings. The lowest BCUT2D eigenvalue weighted by atomic mass is 10.0. The quantitative estimate of drug-likeness (QED) is 0.803. The third-order valence-corrected chi connectivity index (χ3v) is 2.20. The molecule has 5 nitrogen and oxygen atoms in total. The molecule has 3 N–H and O–H groups in total. The summed E-state index contributed by atoms with van der Waals surface area (Å²) in [5.41, 5.74) is 5.68. The summed E-state index contributed by atoms with van der Waals surface area (Å²) in [5.74, 6) is -2.04. The van der Waals surface area contributed by atoms with Gasteiger partial charge in [-0.3, -0.25) is 4.79 Å². The molecule has 0 bridgehead atoms. The number of nitrogens with two attached hydrogens (primary N) is 1. The summed E-state index contributed by atoms with van der Waals surface area (Å²) in [7, 11) is 1.25. The molecule has 6 heteroatoms. The van der Waals surface area contributed by atoms with E-state index >= 15 is 0 Å². The summed E-state index contributed by atoms with van der Waals surface area (Å²) in [6.45, 7) is 0. The summed E-state index contributed by atoms with van der Waals surface area (Å²) in [5, 5.41) is 17.4. The molecule has 90 valence electrons. The maximum Gasteiger partial charge on any atom is 0.320 e. The third kappa shape index (κ3) is 2.92. The van der Waals surface area contributed by atoms with E-state index in [9.17, 15) is 9.18 Å². The minimum absolute atomic E-state index is 0.0140. The molecule has 0 amide bonds. The highest BCUT2D eigenvalue weighted by Crippen LogP contribution is 2.24.